The Hall–Kier alpha value is -1.37. The van der Waals surface area contributed by atoms with Gasteiger partial charge in [0.05, 0.1) is 9.88 Å². The van der Waals surface area contributed by atoms with Gasteiger partial charge in [0.15, 0.2) is 0 Å². The van der Waals surface area contributed by atoms with Crippen molar-refractivity contribution in [1.29, 1.82) is 0 Å². The zero-order valence-electron chi connectivity index (χ0n) is 12.0. The number of hydrogen-bond acceptors (Lipinski definition) is 5. The van der Waals surface area contributed by atoms with E-state index in [2.05, 4.69) is 4.98 Å². The van der Waals surface area contributed by atoms with Gasteiger partial charge in [-0.15, -0.1) is 23.1 Å². The van der Waals surface area contributed by atoms with Crippen LogP contribution in [0.25, 0.3) is 10.4 Å². The summed E-state index contributed by atoms with van der Waals surface area (Å²) in [6.07, 6.45) is 0. The standard InChI is InChI=1S/C15H17N3OS2/c1-10-17-12(13(21-10)11-6-4-3-5-7-11)14(19)18-8-9-20-15(18,2)16/h3-7H,8-9,16H2,1-2H3. The largest absolute Gasteiger partial charge is 0.309 e. The van der Waals surface area contributed by atoms with Gasteiger partial charge in [0.2, 0.25) is 0 Å². The molecule has 1 atom stereocenters. The lowest BCUT2D eigenvalue weighted by Crippen LogP contribution is -2.50. The Balaban J connectivity index is 2.02. The summed E-state index contributed by atoms with van der Waals surface area (Å²) in [7, 11) is 0. The van der Waals surface area contributed by atoms with Crippen molar-refractivity contribution in [1.82, 2.24) is 9.88 Å². The van der Waals surface area contributed by atoms with Gasteiger partial charge in [0.25, 0.3) is 5.91 Å². The van der Waals surface area contributed by atoms with Crippen LogP contribution in [-0.2, 0) is 0 Å². The maximum Gasteiger partial charge on any atom is 0.276 e. The number of nitrogens with two attached hydrogens (primary N) is 1. The summed E-state index contributed by atoms with van der Waals surface area (Å²) < 4.78 is 0. The Morgan fingerprint density at radius 2 is 2.10 bits per heavy atom. The molecule has 1 fully saturated rings. The SMILES string of the molecule is Cc1nc(C(=O)N2CCSC2(C)N)c(-c2ccccc2)s1. The van der Waals surface area contributed by atoms with Crippen LogP contribution in [0.15, 0.2) is 30.3 Å². The molecule has 1 aliphatic rings. The highest BCUT2D eigenvalue weighted by atomic mass is 32.2. The lowest BCUT2D eigenvalue weighted by molar-refractivity contribution is 0.0693. The van der Waals surface area contributed by atoms with Gasteiger partial charge in [-0.05, 0) is 19.4 Å². The Labute approximate surface area is 132 Å². The molecule has 0 spiro atoms. The molecule has 1 aliphatic heterocycles. The molecule has 1 aromatic heterocycles. The number of aryl methyl sites for hydroxylation is 1. The van der Waals surface area contributed by atoms with Gasteiger partial charge in [-0.1, -0.05) is 30.3 Å². The average Bonchev–Trinajstić information content (AvgIpc) is 3.01. The second-order valence-electron chi connectivity index (χ2n) is 5.14. The Bertz CT molecular complexity index is 667. The summed E-state index contributed by atoms with van der Waals surface area (Å²) in [6.45, 7) is 4.47. The van der Waals surface area contributed by atoms with Crippen LogP contribution in [0, 0.1) is 6.92 Å². The highest BCUT2D eigenvalue weighted by molar-refractivity contribution is 8.00. The maximum atomic E-state index is 12.8. The van der Waals surface area contributed by atoms with E-state index in [-0.39, 0.29) is 5.91 Å². The third-order valence-electron chi connectivity index (χ3n) is 3.46. The van der Waals surface area contributed by atoms with E-state index >= 15 is 0 Å². The van der Waals surface area contributed by atoms with Crippen LogP contribution < -0.4 is 5.73 Å². The van der Waals surface area contributed by atoms with Crippen molar-refractivity contribution in [2.24, 2.45) is 5.73 Å². The lowest BCUT2D eigenvalue weighted by atomic mass is 10.1. The summed E-state index contributed by atoms with van der Waals surface area (Å²) in [5.41, 5.74) is 7.74. The maximum absolute atomic E-state index is 12.8. The number of thiazole rings is 1. The van der Waals surface area contributed by atoms with Crippen molar-refractivity contribution in [3.63, 3.8) is 0 Å². The minimum absolute atomic E-state index is 0.0757. The molecule has 0 radical (unpaired) electrons. The predicted octanol–water partition coefficient (Wildman–Crippen LogP) is 2.94. The molecule has 2 aromatic rings. The number of nitrogens with zero attached hydrogens (tertiary/aromatic N) is 2. The predicted molar refractivity (Wildman–Crippen MR) is 88.4 cm³/mol. The molecule has 1 aromatic carbocycles. The summed E-state index contributed by atoms with van der Waals surface area (Å²) in [5.74, 6) is 0.788. The topological polar surface area (TPSA) is 59.2 Å². The van der Waals surface area contributed by atoms with Crippen LogP contribution in [0.5, 0.6) is 0 Å². The fraction of sp³-hybridized carbons (Fsp3) is 0.333. The van der Waals surface area contributed by atoms with E-state index in [0.717, 1.165) is 21.2 Å². The summed E-state index contributed by atoms with van der Waals surface area (Å²) in [5, 5.41) is 0.891. The van der Waals surface area contributed by atoms with Crippen molar-refractivity contribution in [2.75, 3.05) is 12.3 Å². The molecule has 0 bridgehead atoms. The highest BCUT2D eigenvalue weighted by Crippen LogP contribution is 2.35. The van der Waals surface area contributed by atoms with Crippen molar-refractivity contribution < 1.29 is 4.79 Å². The summed E-state index contributed by atoms with van der Waals surface area (Å²) in [4.78, 5) is 19.3. The number of amides is 1. The third-order valence-corrected chi connectivity index (χ3v) is 5.67. The van der Waals surface area contributed by atoms with Gasteiger partial charge in [0, 0.05) is 12.3 Å². The van der Waals surface area contributed by atoms with Crippen LogP contribution in [-0.4, -0.2) is 33.1 Å². The van der Waals surface area contributed by atoms with Crippen molar-refractivity contribution in [2.45, 2.75) is 18.8 Å². The molecule has 0 saturated carbocycles. The number of carbonyl (C=O) groups excluding carboxylic acids is 1. The Kier molecular flexibility index (Phi) is 3.77. The van der Waals surface area contributed by atoms with E-state index in [1.807, 2.05) is 44.2 Å². The first-order valence-electron chi connectivity index (χ1n) is 6.77. The van der Waals surface area contributed by atoms with Gasteiger partial charge in [-0.2, -0.15) is 0 Å². The van der Waals surface area contributed by atoms with E-state index in [1.54, 1.807) is 28.0 Å². The first-order chi connectivity index (χ1) is 9.99. The van der Waals surface area contributed by atoms with E-state index in [9.17, 15) is 4.79 Å². The molecule has 0 aliphatic carbocycles. The fourth-order valence-corrected chi connectivity index (χ4v) is 4.36. The molecule has 2 heterocycles. The molecule has 1 amide bonds. The second kappa shape index (κ2) is 5.44. The number of aromatic nitrogens is 1. The van der Waals surface area contributed by atoms with E-state index in [0.29, 0.717) is 12.2 Å². The van der Waals surface area contributed by atoms with Crippen molar-refractivity contribution in [3.05, 3.63) is 41.0 Å². The number of hydrogen-bond donors (Lipinski definition) is 1. The summed E-state index contributed by atoms with van der Waals surface area (Å²) >= 11 is 3.15. The van der Waals surface area contributed by atoms with E-state index in [1.165, 1.54) is 0 Å². The second-order valence-corrected chi connectivity index (χ2v) is 7.86. The van der Waals surface area contributed by atoms with Crippen LogP contribution in [0.3, 0.4) is 0 Å². The van der Waals surface area contributed by atoms with Crippen LogP contribution in [0.1, 0.15) is 22.4 Å². The number of thioether (sulfide) groups is 1. The van der Waals surface area contributed by atoms with Gasteiger partial charge < -0.3 is 10.6 Å². The van der Waals surface area contributed by atoms with Gasteiger partial charge >= 0.3 is 0 Å². The smallest absolute Gasteiger partial charge is 0.276 e. The summed E-state index contributed by atoms with van der Waals surface area (Å²) in [6, 6.07) is 9.91. The highest BCUT2D eigenvalue weighted by Gasteiger charge is 2.39. The van der Waals surface area contributed by atoms with Gasteiger partial charge in [0.1, 0.15) is 10.7 Å². The minimum atomic E-state index is -0.650. The zero-order chi connectivity index (χ0) is 15.0. The molecule has 4 nitrogen and oxygen atoms in total. The zero-order valence-corrected chi connectivity index (χ0v) is 13.6. The Morgan fingerprint density at radius 3 is 2.71 bits per heavy atom. The van der Waals surface area contributed by atoms with Gasteiger partial charge in [-0.25, -0.2) is 4.98 Å². The van der Waals surface area contributed by atoms with Crippen LogP contribution in [0.4, 0.5) is 0 Å². The number of carbonyl (C=O) groups is 1. The molecule has 1 saturated heterocycles. The van der Waals surface area contributed by atoms with Gasteiger partial charge in [-0.3, -0.25) is 4.79 Å². The van der Waals surface area contributed by atoms with E-state index in [4.69, 9.17) is 5.73 Å². The normalized spacial score (nSPS) is 21.8. The minimum Gasteiger partial charge on any atom is -0.309 e. The fourth-order valence-electron chi connectivity index (χ4n) is 2.43. The molecule has 3 rings (SSSR count). The molecule has 6 heteroatoms. The first-order valence-corrected chi connectivity index (χ1v) is 8.57. The first kappa shape index (κ1) is 14.6. The number of benzene rings is 1. The average molecular weight is 319 g/mol. The van der Waals surface area contributed by atoms with Crippen LogP contribution >= 0.6 is 23.1 Å². The van der Waals surface area contributed by atoms with E-state index < -0.39 is 4.99 Å². The van der Waals surface area contributed by atoms with Crippen molar-refractivity contribution in [3.8, 4) is 10.4 Å². The quantitative estimate of drug-likeness (QED) is 0.924. The van der Waals surface area contributed by atoms with Crippen LogP contribution in [0.2, 0.25) is 0 Å². The lowest BCUT2D eigenvalue weighted by Gasteiger charge is -2.29. The molecule has 1 unspecified atom stereocenters. The monoisotopic (exact) mass is 319 g/mol. The van der Waals surface area contributed by atoms with Crippen molar-refractivity contribution >= 4 is 29.0 Å². The molecule has 21 heavy (non-hydrogen) atoms. The molecule has 2 N–H and O–H groups in total. The molecular formula is C15H17N3OS2. The Morgan fingerprint density at radius 1 is 1.38 bits per heavy atom. The molecule has 110 valence electrons. The number of rotatable bonds is 2. The molecular weight excluding hydrogens is 302 g/mol. The third kappa shape index (κ3) is 2.71.